The van der Waals surface area contributed by atoms with Crippen LogP contribution in [0.4, 0.5) is 0 Å². The lowest BCUT2D eigenvalue weighted by Gasteiger charge is -2.22. The molecule has 1 heterocycles. The Morgan fingerprint density at radius 3 is 1.96 bits per heavy atom. The zero-order chi connectivity index (χ0) is 20.4. The van der Waals surface area contributed by atoms with Crippen LogP contribution in [0, 0.1) is 12.8 Å². The summed E-state index contributed by atoms with van der Waals surface area (Å²) in [7, 11) is 0. The lowest BCUT2D eigenvalue weighted by atomic mass is 10.0. The molecule has 1 unspecified atom stereocenters. The zero-order valence-corrected chi connectivity index (χ0v) is 15.8. The summed E-state index contributed by atoms with van der Waals surface area (Å²) in [6.45, 7) is 5.35. The van der Waals surface area contributed by atoms with Gasteiger partial charge in [0.2, 0.25) is 0 Å². The first-order valence-electron chi connectivity index (χ1n) is 8.86. The number of amides is 3. The fraction of sp³-hybridized carbons (Fsp3) is 0.238. The number of rotatable bonds is 5. The second-order valence-corrected chi connectivity index (χ2v) is 6.92. The van der Waals surface area contributed by atoms with Crippen molar-refractivity contribution >= 4 is 23.7 Å². The summed E-state index contributed by atoms with van der Waals surface area (Å²) < 4.78 is 0. The van der Waals surface area contributed by atoms with Crippen molar-refractivity contribution in [2.75, 3.05) is 0 Å². The number of fused-ring (bicyclic) bond motifs is 1. The van der Waals surface area contributed by atoms with E-state index >= 15 is 0 Å². The number of nitrogens with zero attached hydrogens (tertiary/aromatic N) is 1. The van der Waals surface area contributed by atoms with Crippen molar-refractivity contribution in [2.45, 2.75) is 26.8 Å². The topological polar surface area (TPSA) is 92.8 Å². The third-order valence-electron chi connectivity index (χ3n) is 4.46. The first-order chi connectivity index (χ1) is 13.3. The van der Waals surface area contributed by atoms with Gasteiger partial charge >= 0.3 is 5.97 Å². The van der Waals surface area contributed by atoms with Crippen LogP contribution in [0.25, 0.3) is 0 Å². The van der Waals surface area contributed by atoms with Crippen LogP contribution in [0.1, 0.15) is 50.5 Å². The number of hydroxylamine groups is 2. The van der Waals surface area contributed by atoms with Crippen molar-refractivity contribution < 1.29 is 24.0 Å². The van der Waals surface area contributed by atoms with Gasteiger partial charge in [-0.1, -0.05) is 48.7 Å². The van der Waals surface area contributed by atoms with Crippen LogP contribution < -0.4 is 5.32 Å². The largest absolute Gasteiger partial charge is 0.355 e. The van der Waals surface area contributed by atoms with Gasteiger partial charge in [0.25, 0.3) is 17.7 Å². The number of hydrogen-bond donors (Lipinski definition) is 1. The number of imide groups is 1. The van der Waals surface area contributed by atoms with Crippen LogP contribution >= 0.6 is 0 Å². The molecule has 1 aliphatic heterocycles. The van der Waals surface area contributed by atoms with Gasteiger partial charge in [-0.2, -0.15) is 0 Å². The molecule has 28 heavy (non-hydrogen) atoms. The molecule has 0 saturated carbocycles. The minimum atomic E-state index is -1.03. The van der Waals surface area contributed by atoms with Gasteiger partial charge in [-0.15, -0.1) is 0 Å². The standard InChI is InChI=1S/C21H20N2O5/c1-12(2)17(22-18(24)14-10-8-13(3)9-11-14)21(27)28-23-19(25)15-6-4-5-7-16(15)20(23)26/h4-12,17H,1-3H3,(H,22,24). The monoisotopic (exact) mass is 380 g/mol. The average Bonchev–Trinajstić information content (AvgIpc) is 2.91. The SMILES string of the molecule is Cc1ccc(C(=O)NC(C(=O)ON2C(=O)c3ccccc3C2=O)C(C)C)cc1. The third kappa shape index (κ3) is 3.64. The molecule has 7 nitrogen and oxygen atoms in total. The van der Waals surface area contributed by atoms with Crippen molar-refractivity contribution in [3.63, 3.8) is 0 Å². The van der Waals surface area contributed by atoms with E-state index in [0.717, 1.165) is 5.56 Å². The number of benzene rings is 2. The minimum absolute atomic E-state index is 0.171. The maximum absolute atomic E-state index is 12.6. The van der Waals surface area contributed by atoms with Gasteiger partial charge in [-0.25, -0.2) is 4.79 Å². The van der Waals surface area contributed by atoms with Gasteiger partial charge in [0.15, 0.2) is 0 Å². The van der Waals surface area contributed by atoms with Gasteiger partial charge in [0.05, 0.1) is 11.1 Å². The van der Waals surface area contributed by atoms with Gasteiger partial charge < -0.3 is 10.2 Å². The zero-order valence-electron chi connectivity index (χ0n) is 15.8. The molecule has 7 heteroatoms. The van der Waals surface area contributed by atoms with E-state index in [0.29, 0.717) is 10.6 Å². The molecule has 2 aromatic rings. The first kappa shape index (κ1) is 19.3. The lowest BCUT2D eigenvalue weighted by molar-refractivity contribution is -0.172. The highest BCUT2D eigenvalue weighted by atomic mass is 16.7. The van der Waals surface area contributed by atoms with Gasteiger partial charge in [0, 0.05) is 5.56 Å². The third-order valence-corrected chi connectivity index (χ3v) is 4.46. The summed E-state index contributed by atoms with van der Waals surface area (Å²) in [5, 5.41) is 3.06. The molecule has 3 amide bonds. The molecule has 0 aromatic heterocycles. The Labute approximate surface area is 162 Å². The molecule has 2 aromatic carbocycles. The van der Waals surface area contributed by atoms with Crippen molar-refractivity contribution in [3.8, 4) is 0 Å². The van der Waals surface area contributed by atoms with Crippen LogP contribution in [0.15, 0.2) is 48.5 Å². The van der Waals surface area contributed by atoms with Crippen LogP contribution in [-0.2, 0) is 9.63 Å². The predicted molar refractivity (Wildman–Crippen MR) is 100 cm³/mol. The number of carbonyl (C=O) groups excluding carboxylic acids is 4. The van der Waals surface area contributed by atoms with E-state index in [-0.39, 0.29) is 17.0 Å². The normalized spacial score (nSPS) is 14.1. The molecule has 0 bridgehead atoms. The van der Waals surface area contributed by atoms with E-state index in [9.17, 15) is 19.2 Å². The molecule has 1 N–H and O–H groups in total. The first-order valence-corrected chi connectivity index (χ1v) is 8.86. The maximum Gasteiger partial charge on any atom is 0.355 e. The quantitative estimate of drug-likeness (QED) is 0.805. The summed E-state index contributed by atoms with van der Waals surface area (Å²) in [5.41, 5.74) is 1.74. The Kier molecular flexibility index (Phi) is 5.26. The van der Waals surface area contributed by atoms with E-state index in [2.05, 4.69) is 5.32 Å². The Bertz CT molecular complexity index is 915. The molecular weight excluding hydrogens is 360 g/mol. The van der Waals surface area contributed by atoms with Crippen molar-refractivity contribution in [1.29, 1.82) is 0 Å². The van der Waals surface area contributed by atoms with E-state index in [1.807, 2.05) is 6.92 Å². The summed E-state index contributed by atoms with van der Waals surface area (Å²) in [5.74, 6) is -3.07. The molecule has 0 fully saturated rings. The highest BCUT2D eigenvalue weighted by molar-refractivity contribution is 6.21. The predicted octanol–water partition coefficient (Wildman–Crippen LogP) is 2.50. The molecular formula is C21H20N2O5. The van der Waals surface area contributed by atoms with Crippen LogP contribution in [-0.4, -0.2) is 34.8 Å². The van der Waals surface area contributed by atoms with E-state index in [4.69, 9.17) is 4.84 Å². The summed E-state index contributed by atoms with van der Waals surface area (Å²) in [4.78, 5) is 54.9. The van der Waals surface area contributed by atoms with E-state index in [1.54, 1.807) is 50.2 Å². The fourth-order valence-electron chi connectivity index (χ4n) is 2.82. The Hall–Kier alpha value is -3.48. The van der Waals surface area contributed by atoms with Gasteiger partial charge in [0.1, 0.15) is 6.04 Å². The molecule has 1 atom stereocenters. The lowest BCUT2D eigenvalue weighted by Crippen LogP contribution is -2.48. The van der Waals surface area contributed by atoms with Gasteiger partial charge in [-0.3, -0.25) is 14.4 Å². The number of nitrogens with one attached hydrogen (secondary N) is 1. The molecule has 3 rings (SSSR count). The van der Waals surface area contributed by atoms with E-state index in [1.165, 1.54) is 12.1 Å². The highest BCUT2D eigenvalue weighted by Gasteiger charge is 2.40. The molecule has 0 spiro atoms. The van der Waals surface area contributed by atoms with Crippen molar-refractivity contribution in [2.24, 2.45) is 5.92 Å². The molecule has 0 radical (unpaired) electrons. The van der Waals surface area contributed by atoms with E-state index < -0.39 is 29.7 Å². The number of carbonyl (C=O) groups is 4. The Morgan fingerprint density at radius 1 is 0.929 bits per heavy atom. The highest BCUT2D eigenvalue weighted by Crippen LogP contribution is 2.23. The Morgan fingerprint density at radius 2 is 1.46 bits per heavy atom. The summed E-state index contributed by atoms with van der Waals surface area (Å²) in [6, 6.07) is 12.1. The number of aryl methyl sites for hydroxylation is 1. The van der Waals surface area contributed by atoms with Crippen molar-refractivity contribution in [3.05, 3.63) is 70.8 Å². The van der Waals surface area contributed by atoms with Crippen LogP contribution in [0.2, 0.25) is 0 Å². The fourth-order valence-corrected chi connectivity index (χ4v) is 2.82. The average molecular weight is 380 g/mol. The second-order valence-electron chi connectivity index (χ2n) is 6.92. The maximum atomic E-state index is 12.6. The molecule has 0 aliphatic carbocycles. The van der Waals surface area contributed by atoms with Gasteiger partial charge in [-0.05, 0) is 37.1 Å². The molecule has 1 aliphatic rings. The second kappa shape index (κ2) is 7.64. The molecule has 144 valence electrons. The van der Waals surface area contributed by atoms with Crippen molar-refractivity contribution in [1.82, 2.24) is 10.4 Å². The summed E-state index contributed by atoms with van der Waals surface area (Å²) >= 11 is 0. The molecule has 0 saturated heterocycles. The Balaban J connectivity index is 1.74. The smallest absolute Gasteiger partial charge is 0.338 e. The number of hydrogen-bond acceptors (Lipinski definition) is 5. The minimum Gasteiger partial charge on any atom is -0.338 e. The van der Waals surface area contributed by atoms with Crippen LogP contribution in [0.3, 0.4) is 0 Å². The van der Waals surface area contributed by atoms with Crippen LogP contribution in [0.5, 0.6) is 0 Å². The summed E-state index contributed by atoms with van der Waals surface area (Å²) in [6.07, 6.45) is 0.